The van der Waals surface area contributed by atoms with Crippen LogP contribution >= 0.6 is 0 Å². The van der Waals surface area contributed by atoms with E-state index < -0.39 is 0 Å². The van der Waals surface area contributed by atoms with Crippen LogP contribution in [0.25, 0.3) is 0 Å². The number of benzene rings is 2. The van der Waals surface area contributed by atoms with Crippen molar-refractivity contribution in [3.05, 3.63) is 60.2 Å². The van der Waals surface area contributed by atoms with E-state index in [0.29, 0.717) is 24.8 Å². The molecule has 0 bridgehead atoms. The number of amides is 1. The first-order valence-electron chi connectivity index (χ1n) is 7.82. The molecule has 2 aromatic carbocycles. The summed E-state index contributed by atoms with van der Waals surface area (Å²) < 4.78 is 11.0. The molecule has 122 valence electrons. The van der Waals surface area contributed by atoms with Gasteiger partial charge in [-0.25, -0.2) is 0 Å². The number of para-hydroxylation sites is 1. The van der Waals surface area contributed by atoms with Crippen molar-refractivity contribution in [2.75, 3.05) is 19.8 Å². The van der Waals surface area contributed by atoms with E-state index in [2.05, 4.69) is 19.2 Å². The zero-order valence-corrected chi connectivity index (χ0v) is 13.6. The van der Waals surface area contributed by atoms with E-state index >= 15 is 0 Å². The van der Waals surface area contributed by atoms with E-state index in [4.69, 9.17) is 9.47 Å². The SMILES string of the molecule is CC(C)c1ccc(OCC(=O)NCCOc2ccccc2)cc1. The fraction of sp³-hybridized carbons (Fsp3) is 0.316. The molecule has 2 rings (SSSR count). The maximum Gasteiger partial charge on any atom is 0.258 e. The van der Waals surface area contributed by atoms with Gasteiger partial charge in [0.1, 0.15) is 18.1 Å². The molecule has 0 aromatic heterocycles. The van der Waals surface area contributed by atoms with Crippen LogP contribution in [0.1, 0.15) is 25.3 Å². The standard InChI is InChI=1S/C19H23NO3/c1-15(2)16-8-10-18(11-9-16)23-14-19(21)20-12-13-22-17-6-4-3-5-7-17/h3-11,15H,12-14H2,1-2H3,(H,20,21). The first-order valence-corrected chi connectivity index (χ1v) is 7.82. The highest BCUT2D eigenvalue weighted by atomic mass is 16.5. The van der Waals surface area contributed by atoms with Crippen LogP contribution in [0.2, 0.25) is 0 Å². The maximum atomic E-state index is 11.7. The van der Waals surface area contributed by atoms with Gasteiger partial charge in [0.2, 0.25) is 0 Å². The van der Waals surface area contributed by atoms with Gasteiger partial charge in [0.05, 0.1) is 6.54 Å². The highest BCUT2D eigenvalue weighted by Crippen LogP contribution is 2.18. The largest absolute Gasteiger partial charge is 0.492 e. The molecule has 0 aliphatic carbocycles. The van der Waals surface area contributed by atoms with Gasteiger partial charge in [-0.2, -0.15) is 0 Å². The van der Waals surface area contributed by atoms with Crippen molar-refractivity contribution in [2.45, 2.75) is 19.8 Å². The normalized spacial score (nSPS) is 10.4. The van der Waals surface area contributed by atoms with Crippen LogP contribution < -0.4 is 14.8 Å². The van der Waals surface area contributed by atoms with Crippen molar-refractivity contribution in [3.8, 4) is 11.5 Å². The fourth-order valence-corrected chi connectivity index (χ4v) is 2.02. The molecule has 0 unspecified atom stereocenters. The van der Waals surface area contributed by atoms with Gasteiger partial charge in [0.25, 0.3) is 5.91 Å². The number of hydrogen-bond donors (Lipinski definition) is 1. The lowest BCUT2D eigenvalue weighted by Crippen LogP contribution is -2.32. The van der Waals surface area contributed by atoms with E-state index in [1.807, 2.05) is 54.6 Å². The Morgan fingerprint density at radius 1 is 0.957 bits per heavy atom. The molecule has 0 saturated carbocycles. The Hall–Kier alpha value is -2.49. The molecule has 0 aliphatic rings. The Balaban J connectivity index is 1.63. The molecule has 0 radical (unpaired) electrons. The van der Waals surface area contributed by atoms with Crippen molar-refractivity contribution in [1.82, 2.24) is 5.32 Å². The van der Waals surface area contributed by atoms with Crippen molar-refractivity contribution < 1.29 is 14.3 Å². The topological polar surface area (TPSA) is 47.6 Å². The molecule has 0 spiro atoms. The predicted molar refractivity (Wildman–Crippen MR) is 91.0 cm³/mol. The lowest BCUT2D eigenvalue weighted by atomic mass is 10.0. The summed E-state index contributed by atoms with van der Waals surface area (Å²) in [5.74, 6) is 1.82. The first-order chi connectivity index (χ1) is 11.1. The summed E-state index contributed by atoms with van der Waals surface area (Å²) in [5.41, 5.74) is 1.25. The summed E-state index contributed by atoms with van der Waals surface area (Å²) in [7, 11) is 0. The molecule has 1 amide bonds. The Morgan fingerprint density at radius 2 is 1.61 bits per heavy atom. The molecule has 4 nitrogen and oxygen atoms in total. The van der Waals surface area contributed by atoms with Gasteiger partial charge in [-0.15, -0.1) is 0 Å². The summed E-state index contributed by atoms with van der Waals surface area (Å²) in [4.78, 5) is 11.7. The summed E-state index contributed by atoms with van der Waals surface area (Å²) >= 11 is 0. The average Bonchev–Trinajstić information content (AvgIpc) is 2.58. The van der Waals surface area contributed by atoms with Crippen LogP contribution in [0.5, 0.6) is 11.5 Å². The Labute approximate surface area is 137 Å². The van der Waals surface area contributed by atoms with Crippen LogP contribution in [0.4, 0.5) is 0 Å². The highest BCUT2D eigenvalue weighted by Gasteiger charge is 2.03. The summed E-state index contributed by atoms with van der Waals surface area (Å²) in [6.45, 7) is 5.16. The number of nitrogens with one attached hydrogen (secondary N) is 1. The van der Waals surface area contributed by atoms with Crippen LogP contribution in [0.3, 0.4) is 0 Å². The summed E-state index contributed by atoms with van der Waals surface area (Å²) in [5, 5.41) is 2.76. The van der Waals surface area contributed by atoms with Gasteiger partial charge in [-0.3, -0.25) is 4.79 Å². The van der Waals surface area contributed by atoms with E-state index in [0.717, 1.165) is 5.75 Å². The van der Waals surface area contributed by atoms with Crippen LogP contribution in [-0.4, -0.2) is 25.7 Å². The Bertz CT molecular complexity index is 594. The third kappa shape index (κ3) is 6.02. The summed E-state index contributed by atoms with van der Waals surface area (Å²) in [6, 6.07) is 17.3. The maximum absolute atomic E-state index is 11.7. The van der Waals surface area contributed by atoms with Crippen molar-refractivity contribution in [1.29, 1.82) is 0 Å². The quantitative estimate of drug-likeness (QED) is 0.760. The molecule has 0 atom stereocenters. The molecule has 1 N–H and O–H groups in total. The number of ether oxygens (including phenoxy) is 2. The molecule has 4 heteroatoms. The first kappa shape index (κ1) is 16.9. The van der Waals surface area contributed by atoms with Gasteiger partial charge in [0.15, 0.2) is 6.61 Å². The van der Waals surface area contributed by atoms with Crippen LogP contribution in [0, 0.1) is 0 Å². The Morgan fingerprint density at radius 3 is 2.26 bits per heavy atom. The lowest BCUT2D eigenvalue weighted by Gasteiger charge is -2.10. The van der Waals surface area contributed by atoms with Gasteiger partial charge in [-0.1, -0.05) is 44.2 Å². The summed E-state index contributed by atoms with van der Waals surface area (Å²) in [6.07, 6.45) is 0. The highest BCUT2D eigenvalue weighted by molar-refractivity contribution is 5.77. The minimum atomic E-state index is -0.158. The molecule has 2 aromatic rings. The second-order valence-corrected chi connectivity index (χ2v) is 5.52. The van der Waals surface area contributed by atoms with Gasteiger partial charge >= 0.3 is 0 Å². The van der Waals surface area contributed by atoms with Crippen LogP contribution in [0.15, 0.2) is 54.6 Å². The molecule has 0 fully saturated rings. The molecular weight excluding hydrogens is 290 g/mol. The number of carbonyl (C=O) groups is 1. The van der Waals surface area contributed by atoms with Crippen molar-refractivity contribution >= 4 is 5.91 Å². The molecule has 0 saturated heterocycles. The monoisotopic (exact) mass is 313 g/mol. The third-order valence-electron chi connectivity index (χ3n) is 3.35. The lowest BCUT2D eigenvalue weighted by molar-refractivity contribution is -0.123. The predicted octanol–water partition coefficient (Wildman–Crippen LogP) is 3.38. The number of rotatable bonds is 8. The number of hydrogen-bond acceptors (Lipinski definition) is 3. The van der Waals surface area contributed by atoms with Gasteiger partial charge in [-0.05, 0) is 35.7 Å². The molecule has 23 heavy (non-hydrogen) atoms. The fourth-order valence-electron chi connectivity index (χ4n) is 2.02. The van der Waals surface area contributed by atoms with Crippen molar-refractivity contribution in [2.24, 2.45) is 0 Å². The Kier molecular flexibility index (Phi) is 6.48. The minimum Gasteiger partial charge on any atom is -0.492 e. The third-order valence-corrected chi connectivity index (χ3v) is 3.35. The minimum absolute atomic E-state index is 0.00631. The zero-order chi connectivity index (χ0) is 16.5. The second kappa shape index (κ2) is 8.83. The average molecular weight is 313 g/mol. The van der Waals surface area contributed by atoms with Crippen molar-refractivity contribution in [3.63, 3.8) is 0 Å². The molecular formula is C19H23NO3. The van der Waals surface area contributed by atoms with E-state index in [-0.39, 0.29) is 12.5 Å². The van der Waals surface area contributed by atoms with Crippen LogP contribution in [-0.2, 0) is 4.79 Å². The smallest absolute Gasteiger partial charge is 0.258 e. The van der Waals surface area contributed by atoms with E-state index in [1.54, 1.807) is 0 Å². The zero-order valence-electron chi connectivity index (χ0n) is 13.6. The van der Waals surface area contributed by atoms with Gasteiger partial charge in [0, 0.05) is 0 Å². The van der Waals surface area contributed by atoms with Gasteiger partial charge < -0.3 is 14.8 Å². The van der Waals surface area contributed by atoms with E-state index in [1.165, 1.54) is 5.56 Å². The molecule has 0 heterocycles. The van der Waals surface area contributed by atoms with E-state index in [9.17, 15) is 4.79 Å². The number of carbonyl (C=O) groups excluding carboxylic acids is 1. The molecule has 0 aliphatic heterocycles. The second-order valence-electron chi connectivity index (χ2n) is 5.52.